The van der Waals surface area contributed by atoms with E-state index in [4.69, 9.17) is 23.2 Å². The van der Waals surface area contributed by atoms with Gasteiger partial charge in [0.2, 0.25) is 0 Å². The van der Waals surface area contributed by atoms with Gasteiger partial charge in [0, 0.05) is 24.4 Å². The van der Waals surface area contributed by atoms with E-state index in [1.165, 1.54) is 0 Å². The summed E-state index contributed by atoms with van der Waals surface area (Å²) in [6.45, 7) is 4.89. The van der Waals surface area contributed by atoms with Crippen molar-refractivity contribution >= 4 is 34.9 Å². The molecule has 1 saturated heterocycles. The van der Waals surface area contributed by atoms with Crippen LogP contribution in [0.3, 0.4) is 0 Å². The molecule has 5 nitrogen and oxygen atoms in total. The number of benzene rings is 1. The number of nitrogens with zero attached hydrogens (tertiary/aromatic N) is 3. The van der Waals surface area contributed by atoms with Gasteiger partial charge in [-0.05, 0) is 43.9 Å². The number of carbonyl (C=O) groups excluding carboxylic acids is 1. The van der Waals surface area contributed by atoms with Crippen molar-refractivity contribution < 1.29 is 4.79 Å². The van der Waals surface area contributed by atoms with Crippen LogP contribution in [0.4, 0.5) is 5.82 Å². The molecule has 1 unspecified atom stereocenters. The minimum absolute atomic E-state index is 0.0709. The average molecular weight is 405 g/mol. The largest absolute Gasteiger partial charge is 0.344 e. The molecule has 0 aliphatic carbocycles. The van der Waals surface area contributed by atoms with Crippen LogP contribution in [0.2, 0.25) is 10.0 Å². The van der Waals surface area contributed by atoms with Gasteiger partial charge < -0.3 is 10.2 Å². The molecule has 0 spiro atoms. The molecule has 0 saturated carbocycles. The van der Waals surface area contributed by atoms with Crippen molar-refractivity contribution in [3.63, 3.8) is 0 Å². The lowest BCUT2D eigenvalue weighted by molar-refractivity contribution is -0.128. The number of rotatable bonds is 3. The summed E-state index contributed by atoms with van der Waals surface area (Å²) in [5.74, 6) is 0.926. The Hall–Kier alpha value is -1.98. The average Bonchev–Trinajstić information content (AvgIpc) is 3.31. The molecule has 2 aliphatic rings. The van der Waals surface area contributed by atoms with Gasteiger partial charge in [-0.25, -0.2) is 4.68 Å². The van der Waals surface area contributed by atoms with Gasteiger partial charge in [-0.2, -0.15) is 5.10 Å². The van der Waals surface area contributed by atoms with Crippen LogP contribution in [0.15, 0.2) is 41.7 Å². The van der Waals surface area contributed by atoms with E-state index >= 15 is 0 Å². The predicted molar refractivity (Wildman–Crippen MR) is 108 cm³/mol. The number of hydrogen-bond donors (Lipinski definition) is 1. The number of allylic oxidation sites excluding steroid dienone is 1. The number of anilines is 1. The van der Waals surface area contributed by atoms with Crippen molar-refractivity contribution in [3.05, 3.63) is 57.3 Å². The van der Waals surface area contributed by atoms with E-state index in [1.807, 2.05) is 34.7 Å². The van der Waals surface area contributed by atoms with Crippen molar-refractivity contribution in [3.8, 4) is 0 Å². The molecular formula is C20H22Cl2N4O. The van der Waals surface area contributed by atoms with E-state index in [9.17, 15) is 4.79 Å². The number of likely N-dealkylation sites (tertiary alicyclic amines) is 1. The molecule has 1 fully saturated rings. The highest BCUT2D eigenvalue weighted by molar-refractivity contribution is 6.42. The third-order valence-electron chi connectivity index (χ3n) is 5.51. The highest BCUT2D eigenvalue weighted by Crippen LogP contribution is 2.39. The van der Waals surface area contributed by atoms with Crippen LogP contribution in [-0.4, -0.2) is 33.2 Å². The van der Waals surface area contributed by atoms with E-state index in [1.54, 1.807) is 12.3 Å². The summed E-state index contributed by atoms with van der Waals surface area (Å²) in [7, 11) is 0. The summed E-state index contributed by atoms with van der Waals surface area (Å²) in [6.07, 6.45) is 4.81. The van der Waals surface area contributed by atoms with Crippen LogP contribution in [0.25, 0.3) is 0 Å². The van der Waals surface area contributed by atoms with Crippen molar-refractivity contribution in [2.75, 3.05) is 11.9 Å². The molecule has 1 amide bonds. The van der Waals surface area contributed by atoms with Crippen LogP contribution >= 0.6 is 23.2 Å². The van der Waals surface area contributed by atoms with Gasteiger partial charge in [0.05, 0.1) is 21.8 Å². The first-order valence-corrected chi connectivity index (χ1v) is 10.0. The summed E-state index contributed by atoms with van der Waals surface area (Å²) in [5.41, 5.74) is 2.46. The Labute approximate surface area is 168 Å². The van der Waals surface area contributed by atoms with Gasteiger partial charge in [0.15, 0.2) is 0 Å². The number of fused-ring (bicyclic) bond motifs is 1. The minimum atomic E-state index is -0.336. The lowest BCUT2D eigenvalue weighted by atomic mass is 9.94. The van der Waals surface area contributed by atoms with Gasteiger partial charge in [-0.1, -0.05) is 36.2 Å². The lowest BCUT2D eigenvalue weighted by Gasteiger charge is -2.33. The van der Waals surface area contributed by atoms with E-state index < -0.39 is 0 Å². The number of halogens is 2. The Balaban J connectivity index is 1.82. The maximum atomic E-state index is 13.6. The zero-order valence-electron chi connectivity index (χ0n) is 15.4. The predicted octanol–water partition coefficient (Wildman–Crippen LogP) is 4.88. The molecule has 27 heavy (non-hydrogen) atoms. The Bertz CT molecular complexity index is 920. The highest BCUT2D eigenvalue weighted by Gasteiger charge is 2.38. The van der Waals surface area contributed by atoms with Crippen LogP contribution < -0.4 is 5.32 Å². The molecule has 7 heteroatoms. The molecule has 2 aromatic rings. The zero-order chi connectivity index (χ0) is 19.1. The van der Waals surface area contributed by atoms with Gasteiger partial charge in [-0.15, -0.1) is 0 Å². The molecule has 0 radical (unpaired) electrons. The molecule has 2 atom stereocenters. The standard InChI is InChI=1S/C20H22Cl2N4O/c1-3-14-5-4-10-25(14)20(27)18-12(2)24-17-8-9-23-26(17)19(18)13-6-7-15(21)16(22)11-13/h6-9,11,14,19,24H,3-5,10H2,1-2H3/t14-,19?/m0/s1. The highest BCUT2D eigenvalue weighted by atomic mass is 35.5. The fraction of sp³-hybridized carbons (Fsp3) is 0.400. The minimum Gasteiger partial charge on any atom is -0.344 e. The molecule has 142 valence electrons. The Kier molecular flexibility index (Phi) is 4.91. The SMILES string of the molecule is CC[C@H]1CCCN1C(=O)C1=C(C)Nc2ccnn2C1c1ccc(Cl)c(Cl)c1. The van der Waals surface area contributed by atoms with E-state index in [0.29, 0.717) is 21.7 Å². The van der Waals surface area contributed by atoms with Crippen LogP contribution in [0, 0.1) is 0 Å². The Morgan fingerprint density at radius 2 is 2.11 bits per heavy atom. The molecule has 2 aliphatic heterocycles. The summed E-state index contributed by atoms with van der Waals surface area (Å²) in [5, 5.41) is 8.76. The molecule has 0 bridgehead atoms. The summed E-state index contributed by atoms with van der Waals surface area (Å²) in [4.78, 5) is 15.6. The number of aromatic nitrogens is 2. The van der Waals surface area contributed by atoms with Gasteiger partial charge in [0.25, 0.3) is 5.91 Å². The molecule has 4 rings (SSSR count). The van der Waals surface area contributed by atoms with E-state index in [0.717, 1.165) is 42.9 Å². The first-order chi connectivity index (χ1) is 13.0. The zero-order valence-corrected chi connectivity index (χ0v) is 16.9. The summed E-state index contributed by atoms with van der Waals surface area (Å²) < 4.78 is 1.84. The fourth-order valence-electron chi connectivity index (χ4n) is 4.16. The summed E-state index contributed by atoms with van der Waals surface area (Å²) in [6, 6.07) is 7.37. The van der Waals surface area contributed by atoms with Gasteiger partial charge in [0.1, 0.15) is 11.9 Å². The monoisotopic (exact) mass is 404 g/mol. The molecular weight excluding hydrogens is 383 g/mol. The van der Waals surface area contributed by atoms with Crippen LogP contribution in [-0.2, 0) is 4.79 Å². The summed E-state index contributed by atoms with van der Waals surface area (Å²) >= 11 is 12.4. The van der Waals surface area contributed by atoms with Crippen molar-refractivity contribution in [1.29, 1.82) is 0 Å². The third kappa shape index (κ3) is 3.13. The second-order valence-corrected chi connectivity index (χ2v) is 7.92. The number of hydrogen-bond acceptors (Lipinski definition) is 3. The molecule has 3 heterocycles. The quantitative estimate of drug-likeness (QED) is 0.792. The Morgan fingerprint density at radius 1 is 1.30 bits per heavy atom. The first kappa shape index (κ1) is 18.4. The number of nitrogens with one attached hydrogen (secondary N) is 1. The van der Waals surface area contributed by atoms with Crippen molar-refractivity contribution in [2.24, 2.45) is 0 Å². The fourth-order valence-corrected chi connectivity index (χ4v) is 4.46. The second kappa shape index (κ2) is 7.21. The third-order valence-corrected chi connectivity index (χ3v) is 6.25. The lowest BCUT2D eigenvalue weighted by Crippen LogP contribution is -2.40. The maximum absolute atomic E-state index is 13.6. The first-order valence-electron chi connectivity index (χ1n) is 9.28. The molecule has 1 aromatic carbocycles. The van der Waals surface area contributed by atoms with E-state index in [2.05, 4.69) is 17.3 Å². The van der Waals surface area contributed by atoms with Crippen LogP contribution in [0.5, 0.6) is 0 Å². The van der Waals surface area contributed by atoms with Crippen molar-refractivity contribution in [2.45, 2.75) is 45.2 Å². The normalized spacial score (nSPS) is 22.0. The smallest absolute Gasteiger partial charge is 0.254 e. The van der Waals surface area contributed by atoms with Gasteiger partial charge in [-0.3, -0.25) is 4.79 Å². The van der Waals surface area contributed by atoms with Crippen molar-refractivity contribution in [1.82, 2.24) is 14.7 Å². The van der Waals surface area contributed by atoms with Gasteiger partial charge >= 0.3 is 0 Å². The van der Waals surface area contributed by atoms with E-state index in [-0.39, 0.29) is 11.9 Å². The topological polar surface area (TPSA) is 50.2 Å². The second-order valence-electron chi connectivity index (χ2n) is 7.10. The Morgan fingerprint density at radius 3 is 2.85 bits per heavy atom. The molecule has 1 aromatic heterocycles. The van der Waals surface area contributed by atoms with Crippen LogP contribution in [0.1, 0.15) is 44.7 Å². The molecule has 1 N–H and O–H groups in total. The number of carbonyl (C=O) groups is 1. The number of amides is 1. The maximum Gasteiger partial charge on any atom is 0.254 e.